The van der Waals surface area contributed by atoms with Gasteiger partial charge in [-0.2, -0.15) is 0 Å². The zero-order valence-corrected chi connectivity index (χ0v) is 14.4. The molecule has 0 saturated carbocycles. The van der Waals surface area contributed by atoms with Crippen LogP contribution >= 0.6 is 0 Å². The SMILES string of the molecule is CCO[C@H]1O[C@H](COC(C)=O)[C@@H](N=[N+]=[N-])[C@H](OC(C)=O)[C@@H]1OC(C)=O. The predicted molar refractivity (Wildman–Crippen MR) is 81.0 cm³/mol. The summed E-state index contributed by atoms with van der Waals surface area (Å²) in [6.45, 7) is 5.17. The fourth-order valence-electron chi connectivity index (χ4n) is 2.37. The quantitative estimate of drug-likeness (QED) is 0.214. The Morgan fingerprint density at radius 2 is 1.68 bits per heavy atom. The Balaban J connectivity index is 3.20. The lowest BCUT2D eigenvalue weighted by Gasteiger charge is -2.43. The van der Waals surface area contributed by atoms with Gasteiger partial charge < -0.3 is 23.7 Å². The highest BCUT2D eigenvalue weighted by atomic mass is 16.7. The van der Waals surface area contributed by atoms with Crippen LogP contribution in [0.1, 0.15) is 27.7 Å². The molecule has 140 valence electrons. The average molecular weight is 359 g/mol. The zero-order chi connectivity index (χ0) is 19.0. The van der Waals surface area contributed by atoms with E-state index in [-0.39, 0.29) is 13.2 Å². The van der Waals surface area contributed by atoms with E-state index in [4.69, 9.17) is 29.2 Å². The van der Waals surface area contributed by atoms with Crippen LogP contribution in [0.15, 0.2) is 5.11 Å². The van der Waals surface area contributed by atoms with Crippen LogP contribution in [-0.2, 0) is 38.1 Å². The van der Waals surface area contributed by atoms with Crippen LogP contribution in [0.3, 0.4) is 0 Å². The van der Waals surface area contributed by atoms with Crippen LogP contribution < -0.4 is 0 Å². The van der Waals surface area contributed by atoms with Gasteiger partial charge in [-0.1, -0.05) is 5.11 Å². The summed E-state index contributed by atoms with van der Waals surface area (Å²) in [6.07, 6.45) is -4.36. The molecule has 0 aliphatic carbocycles. The molecule has 0 spiro atoms. The van der Waals surface area contributed by atoms with Gasteiger partial charge in [0.1, 0.15) is 18.8 Å². The van der Waals surface area contributed by atoms with Crippen molar-refractivity contribution in [1.29, 1.82) is 0 Å². The molecular formula is C14H21N3O8. The van der Waals surface area contributed by atoms with Gasteiger partial charge in [0, 0.05) is 32.3 Å². The van der Waals surface area contributed by atoms with E-state index in [0.29, 0.717) is 0 Å². The van der Waals surface area contributed by atoms with Crippen molar-refractivity contribution in [2.45, 2.75) is 58.3 Å². The Morgan fingerprint density at radius 3 is 2.16 bits per heavy atom. The van der Waals surface area contributed by atoms with Gasteiger partial charge in [0.05, 0.1) is 0 Å². The number of esters is 3. The smallest absolute Gasteiger partial charge is 0.303 e. The summed E-state index contributed by atoms with van der Waals surface area (Å²) in [5.74, 6) is -1.90. The number of nitrogens with zero attached hydrogens (tertiary/aromatic N) is 3. The highest BCUT2D eigenvalue weighted by molar-refractivity contribution is 5.67. The van der Waals surface area contributed by atoms with Crippen molar-refractivity contribution in [3.05, 3.63) is 10.4 Å². The third-order valence-corrected chi connectivity index (χ3v) is 3.19. The van der Waals surface area contributed by atoms with E-state index in [1.165, 1.54) is 13.8 Å². The molecule has 1 aliphatic heterocycles. The van der Waals surface area contributed by atoms with Crippen molar-refractivity contribution in [2.24, 2.45) is 5.11 Å². The molecule has 25 heavy (non-hydrogen) atoms. The first kappa shape index (κ1) is 20.7. The van der Waals surface area contributed by atoms with E-state index >= 15 is 0 Å². The summed E-state index contributed by atoms with van der Waals surface area (Å²) in [7, 11) is 0. The third-order valence-electron chi connectivity index (χ3n) is 3.19. The van der Waals surface area contributed by atoms with Crippen LogP contribution in [0.25, 0.3) is 10.4 Å². The molecule has 5 atom stereocenters. The molecule has 1 heterocycles. The van der Waals surface area contributed by atoms with Crippen LogP contribution in [0.4, 0.5) is 0 Å². The highest BCUT2D eigenvalue weighted by Gasteiger charge is 2.50. The van der Waals surface area contributed by atoms with Crippen molar-refractivity contribution in [3.63, 3.8) is 0 Å². The van der Waals surface area contributed by atoms with Gasteiger partial charge in [-0.15, -0.1) is 0 Å². The van der Waals surface area contributed by atoms with Crippen LogP contribution in [0, 0.1) is 0 Å². The molecular weight excluding hydrogens is 338 g/mol. The molecule has 11 nitrogen and oxygen atoms in total. The molecule has 0 bridgehead atoms. The first-order chi connectivity index (χ1) is 11.8. The monoisotopic (exact) mass is 359 g/mol. The summed E-state index contributed by atoms with van der Waals surface area (Å²) in [6, 6.07) is -1.09. The van der Waals surface area contributed by atoms with E-state index in [9.17, 15) is 14.4 Å². The largest absolute Gasteiger partial charge is 0.463 e. The van der Waals surface area contributed by atoms with E-state index in [1.54, 1.807) is 6.92 Å². The minimum atomic E-state index is -1.16. The van der Waals surface area contributed by atoms with Gasteiger partial charge in [0.2, 0.25) is 0 Å². The van der Waals surface area contributed by atoms with Crippen molar-refractivity contribution in [2.75, 3.05) is 13.2 Å². The van der Waals surface area contributed by atoms with Gasteiger partial charge >= 0.3 is 17.9 Å². The fraction of sp³-hybridized carbons (Fsp3) is 0.786. The third kappa shape index (κ3) is 6.22. The average Bonchev–Trinajstić information content (AvgIpc) is 2.50. The fourth-order valence-corrected chi connectivity index (χ4v) is 2.37. The number of ether oxygens (including phenoxy) is 5. The number of carbonyl (C=O) groups is 3. The second-order valence-electron chi connectivity index (χ2n) is 5.14. The first-order valence-corrected chi connectivity index (χ1v) is 7.59. The molecule has 11 heteroatoms. The Morgan fingerprint density at radius 1 is 1.08 bits per heavy atom. The summed E-state index contributed by atoms with van der Waals surface area (Å²) in [5.41, 5.74) is 8.82. The van der Waals surface area contributed by atoms with E-state index in [0.717, 1.165) is 6.92 Å². The topological polar surface area (TPSA) is 146 Å². The lowest BCUT2D eigenvalue weighted by molar-refractivity contribution is -0.283. The second-order valence-corrected chi connectivity index (χ2v) is 5.14. The number of rotatable bonds is 7. The predicted octanol–water partition coefficient (Wildman–Crippen LogP) is 0.853. The van der Waals surface area contributed by atoms with Crippen molar-refractivity contribution < 1.29 is 38.1 Å². The highest BCUT2D eigenvalue weighted by Crippen LogP contribution is 2.29. The van der Waals surface area contributed by atoms with Crippen molar-refractivity contribution in [1.82, 2.24) is 0 Å². The number of hydrogen-bond acceptors (Lipinski definition) is 9. The molecule has 1 fully saturated rings. The second kappa shape index (κ2) is 9.82. The molecule has 0 radical (unpaired) electrons. The molecule has 0 N–H and O–H groups in total. The lowest BCUT2D eigenvalue weighted by Crippen LogP contribution is -2.61. The summed E-state index contributed by atoms with van der Waals surface area (Å²) in [4.78, 5) is 36.6. The minimum Gasteiger partial charge on any atom is -0.463 e. The van der Waals surface area contributed by atoms with Crippen molar-refractivity contribution in [3.8, 4) is 0 Å². The number of carbonyl (C=O) groups excluding carboxylic acids is 3. The maximum Gasteiger partial charge on any atom is 0.303 e. The maximum absolute atomic E-state index is 11.5. The molecule has 1 saturated heterocycles. The molecule has 0 unspecified atom stereocenters. The lowest BCUT2D eigenvalue weighted by atomic mass is 9.96. The van der Waals surface area contributed by atoms with Crippen LogP contribution in [-0.4, -0.2) is 61.8 Å². The molecule has 0 aromatic carbocycles. The normalized spacial score (nSPS) is 28.4. The number of azide groups is 1. The summed E-state index contributed by atoms with van der Waals surface area (Å²) in [5, 5.41) is 3.57. The summed E-state index contributed by atoms with van der Waals surface area (Å²) < 4.78 is 26.3. The Kier molecular flexibility index (Phi) is 8.12. The molecule has 0 aromatic rings. The Hall–Kier alpha value is -2.36. The van der Waals surface area contributed by atoms with E-state index in [2.05, 4.69) is 10.0 Å². The maximum atomic E-state index is 11.5. The van der Waals surface area contributed by atoms with Gasteiger partial charge in [-0.25, -0.2) is 0 Å². The van der Waals surface area contributed by atoms with Crippen LogP contribution in [0.5, 0.6) is 0 Å². The Labute approximate surface area is 144 Å². The van der Waals surface area contributed by atoms with Crippen molar-refractivity contribution >= 4 is 17.9 Å². The van der Waals surface area contributed by atoms with Crippen LogP contribution in [0.2, 0.25) is 0 Å². The standard InChI is InChI=1S/C14H21N3O8/c1-5-21-14-13(24-9(4)20)12(23-8(3)19)11(16-17-15)10(25-14)6-22-7(2)18/h10-14H,5-6H2,1-4H3/t10-,11-,12+,13+,14+/m1/s1. The molecule has 0 amide bonds. The molecule has 1 aliphatic rings. The van der Waals surface area contributed by atoms with E-state index < -0.39 is 48.6 Å². The van der Waals surface area contributed by atoms with E-state index in [1.807, 2.05) is 0 Å². The zero-order valence-electron chi connectivity index (χ0n) is 14.4. The summed E-state index contributed by atoms with van der Waals surface area (Å²) >= 11 is 0. The molecule has 1 rings (SSSR count). The van der Waals surface area contributed by atoms with Gasteiger partial charge in [0.25, 0.3) is 0 Å². The number of hydrogen-bond donors (Lipinski definition) is 0. The van der Waals surface area contributed by atoms with Gasteiger partial charge in [-0.3, -0.25) is 14.4 Å². The van der Waals surface area contributed by atoms with Gasteiger partial charge in [0.15, 0.2) is 18.5 Å². The Bertz CT molecular complexity index is 548. The first-order valence-electron chi connectivity index (χ1n) is 7.59. The van der Waals surface area contributed by atoms with Gasteiger partial charge in [-0.05, 0) is 12.5 Å². The minimum absolute atomic E-state index is 0.210. The molecule has 0 aromatic heterocycles.